The molecule has 0 saturated heterocycles. The molecule has 0 aliphatic heterocycles. The number of aromatic nitrogens is 2. The summed E-state index contributed by atoms with van der Waals surface area (Å²) in [7, 11) is 0. The number of carbonyl (C=O) groups is 2. The maximum absolute atomic E-state index is 13.5. The normalized spacial score (nSPS) is 11.0. The monoisotopic (exact) mass is 512 g/mol. The number of benzene rings is 3. The van der Waals surface area contributed by atoms with Crippen molar-refractivity contribution in [2.45, 2.75) is 33.2 Å². The van der Waals surface area contributed by atoms with E-state index >= 15 is 0 Å². The van der Waals surface area contributed by atoms with Gasteiger partial charge in [-0.05, 0) is 47.7 Å². The molecular weight excluding hydrogens is 480 g/mol. The third kappa shape index (κ3) is 6.45. The first-order valence-electron chi connectivity index (χ1n) is 12.7. The van der Waals surface area contributed by atoms with Crippen molar-refractivity contribution in [3.8, 4) is 5.69 Å². The molecular formula is C30H32N4O4. The topological polar surface area (TPSA) is 102 Å². The van der Waals surface area contributed by atoms with E-state index in [1.807, 2.05) is 44.2 Å². The Labute approximate surface area is 220 Å². The van der Waals surface area contributed by atoms with E-state index in [9.17, 15) is 19.2 Å². The number of rotatable bonds is 10. The van der Waals surface area contributed by atoms with Crippen molar-refractivity contribution in [2.24, 2.45) is 5.92 Å². The van der Waals surface area contributed by atoms with Gasteiger partial charge in [0.1, 0.15) is 6.54 Å². The fourth-order valence-electron chi connectivity index (χ4n) is 4.22. The Morgan fingerprint density at radius 1 is 0.789 bits per heavy atom. The summed E-state index contributed by atoms with van der Waals surface area (Å²) in [6.45, 7) is 4.86. The second kappa shape index (κ2) is 12.2. The number of nitrogens with zero attached hydrogens (tertiary/aromatic N) is 2. The summed E-state index contributed by atoms with van der Waals surface area (Å²) < 4.78 is 2.39. The van der Waals surface area contributed by atoms with E-state index in [0.29, 0.717) is 42.0 Å². The molecule has 1 heterocycles. The van der Waals surface area contributed by atoms with Gasteiger partial charge in [0.15, 0.2) is 0 Å². The number of fused-ring (bicyclic) bond motifs is 1. The van der Waals surface area contributed by atoms with Crippen LogP contribution in [-0.4, -0.2) is 34.0 Å². The zero-order chi connectivity index (χ0) is 27.1. The van der Waals surface area contributed by atoms with Crippen molar-refractivity contribution in [1.29, 1.82) is 0 Å². The summed E-state index contributed by atoms with van der Waals surface area (Å²) in [6.07, 6.45) is 0.872. The average Bonchev–Trinajstić information content (AvgIpc) is 2.91. The maximum Gasteiger partial charge on any atom is 0.336 e. The molecule has 0 unspecified atom stereocenters. The highest BCUT2D eigenvalue weighted by molar-refractivity contribution is 5.82. The summed E-state index contributed by atoms with van der Waals surface area (Å²) in [5, 5.41) is 6.08. The largest absolute Gasteiger partial charge is 0.356 e. The van der Waals surface area contributed by atoms with Gasteiger partial charge in [-0.1, -0.05) is 68.4 Å². The molecule has 0 aliphatic carbocycles. The molecule has 0 fully saturated rings. The second-order valence-electron chi connectivity index (χ2n) is 9.65. The van der Waals surface area contributed by atoms with Gasteiger partial charge in [-0.2, -0.15) is 0 Å². The summed E-state index contributed by atoms with van der Waals surface area (Å²) in [4.78, 5) is 51.8. The van der Waals surface area contributed by atoms with Crippen LogP contribution >= 0.6 is 0 Å². The number of hydrogen-bond acceptors (Lipinski definition) is 4. The van der Waals surface area contributed by atoms with Crippen LogP contribution in [0.1, 0.15) is 25.0 Å². The average molecular weight is 513 g/mol. The lowest BCUT2D eigenvalue weighted by Crippen LogP contribution is -2.42. The Morgan fingerprint density at radius 3 is 2.18 bits per heavy atom. The van der Waals surface area contributed by atoms with E-state index in [0.717, 1.165) is 15.7 Å². The number of para-hydroxylation sites is 1. The SMILES string of the molecule is CC(C)CNC(=O)Cc1ccc(-n2c(=O)c3ccccc3n(CC(=O)NCCc3ccccc3)c2=O)cc1. The molecule has 38 heavy (non-hydrogen) atoms. The lowest BCUT2D eigenvalue weighted by Gasteiger charge is -2.14. The van der Waals surface area contributed by atoms with Crippen LogP contribution in [0.25, 0.3) is 16.6 Å². The molecule has 3 aromatic carbocycles. The molecule has 0 spiro atoms. The first kappa shape index (κ1) is 26.6. The minimum atomic E-state index is -0.602. The van der Waals surface area contributed by atoms with E-state index in [-0.39, 0.29) is 24.8 Å². The van der Waals surface area contributed by atoms with Crippen molar-refractivity contribution >= 4 is 22.7 Å². The predicted molar refractivity (Wildman–Crippen MR) is 149 cm³/mol. The van der Waals surface area contributed by atoms with Crippen LogP contribution in [0.3, 0.4) is 0 Å². The smallest absolute Gasteiger partial charge is 0.336 e. The van der Waals surface area contributed by atoms with Crippen LogP contribution in [0.5, 0.6) is 0 Å². The lowest BCUT2D eigenvalue weighted by molar-refractivity contribution is -0.122. The third-order valence-corrected chi connectivity index (χ3v) is 6.20. The van der Waals surface area contributed by atoms with E-state index in [1.165, 1.54) is 4.57 Å². The Kier molecular flexibility index (Phi) is 8.53. The predicted octanol–water partition coefficient (Wildman–Crippen LogP) is 2.83. The van der Waals surface area contributed by atoms with Gasteiger partial charge in [0, 0.05) is 13.1 Å². The van der Waals surface area contributed by atoms with Crippen molar-refractivity contribution in [3.63, 3.8) is 0 Å². The molecule has 196 valence electrons. The van der Waals surface area contributed by atoms with Crippen LogP contribution in [0.15, 0.2) is 88.5 Å². The van der Waals surface area contributed by atoms with E-state index in [4.69, 9.17) is 0 Å². The molecule has 0 radical (unpaired) electrons. The van der Waals surface area contributed by atoms with Gasteiger partial charge in [-0.3, -0.25) is 19.0 Å². The highest BCUT2D eigenvalue weighted by Gasteiger charge is 2.16. The number of carbonyl (C=O) groups excluding carboxylic acids is 2. The van der Waals surface area contributed by atoms with Crippen molar-refractivity contribution < 1.29 is 9.59 Å². The van der Waals surface area contributed by atoms with Crippen LogP contribution < -0.4 is 21.9 Å². The molecule has 0 atom stereocenters. The zero-order valence-corrected chi connectivity index (χ0v) is 21.6. The Balaban J connectivity index is 1.58. The minimum absolute atomic E-state index is 0.0880. The third-order valence-electron chi connectivity index (χ3n) is 6.20. The lowest BCUT2D eigenvalue weighted by atomic mass is 10.1. The Bertz CT molecular complexity index is 1540. The maximum atomic E-state index is 13.5. The molecule has 1 aromatic heterocycles. The molecule has 4 rings (SSSR count). The molecule has 8 heteroatoms. The highest BCUT2D eigenvalue weighted by atomic mass is 16.2. The van der Waals surface area contributed by atoms with E-state index < -0.39 is 11.2 Å². The van der Waals surface area contributed by atoms with Crippen molar-refractivity contribution in [2.75, 3.05) is 13.1 Å². The Morgan fingerprint density at radius 2 is 1.47 bits per heavy atom. The molecule has 4 aromatic rings. The first-order valence-corrected chi connectivity index (χ1v) is 12.7. The summed E-state index contributed by atoms with van der Waals surface area (Å²) in [5.74, 6) is -0.0506. The van der Waals surface area contributed by atoms with E-state index in [2.05, 4.69) is 10.6 Å². The fraction of sp³-hybridized carbons (Fsp3) is 0.267. The summed E-state index contributed by atoms with van der Waals surface area (Å²) in [6, 6.07) is 23.3. The molecule has 0 aliphatic rings. The molecule has 8 nitrogen and oxygen atoms in total. The molecule has 0 bridgehead atoms. The van der Waals surface area contributed by atoms with Gasteiger partial charge in [-0.15, -0.1) is 0 Å². The van der Waals surface area contributed by atoms with Crippen molar-refractivity contribution in [3.05, 3.63) is 111 Å². The van der Waals surface area contributed by atoms with Gasteiger partial charge in [-0.25, -0.2) is 9.36 Å². The highest BCUT2D eigenvalue weighted by Crippen LogP contribution is 2.12. The second-order valence-corrected chi connectivity index (χ2v) is 9.65. The van der Waals surface area contributed by atoms with Gasteiger partial charge in [0.25, 0.3) is 5.56 Å². The van der Waals surface area contributed by atoms with Gasteiger partial charge in [0.05, 0.1) is 23.0 Å². The van der Waals surface area contributed by atoms with Gasteiger partial charge >= 0.3 is 5.69 Å². The van der Waals surface area contributed by atoms with Crippen molar-refractivity contribution in [1.82, 2.24) is 19.8 Å². The summed E-state index contributed by atoms with van der Waals surface area (Å²) in [5.41, 5.74) is 1.57. The zero-order valence-electron chi connectivity index (χ0n) is 21.6. The van der Waals surface area contributed by atoms with Crippen LogP contribution in [0.4, 0.5) is 0 Å². The number of nitrogens with one attached hydrogen (secondary N) is 2. The molecule has 0 saturated carbocycles. The molecule has 2 amide bonds. The summed E-state index contributed by atoms with van der Waals surface area (Å²) >= 11 is 0. The van der Waals surface area contributed by atoms with Crippen LogP contribution in [-0.2, 0) is 29.0 Å². The quantitative estimate of drug-likeness (QED) is 0.341. The van der Waals surface area contributed by atoms with Gasteiger partial charge in [0.2, 0.25) is 11.8 Å². The number of amides is 2. The number of hydrogen-bond donors (Lipinski definition) is 2. The fourth-order valence-corrected chi connectivity index (χ4v) is 4.22. The van der Waals surface area contributed by atoms with E-state index in [1.54, 1.807) is 48.5 Å². The first-order chi connectivity index (χ1) is 18.3. The Hall–Kier alpha value is -4.46. The van der Waals surface area contributed by atoms with Gasteiger partial charge < -0.3 is 10.6 Å². The minimum Gasteiger partial charge on any atom is -0.356 e. The van der Waals surface area contributed by atoms with Crippen LogP contribution in [0.2, 0.25) is 0 Å². The molecule has 2 N–H and O–H groups in total. The standard InChI is InChI=1S/C30H32N4O4/c1-21(2)19-32-27(35)18-23-12-14-24(15-13-23)34-29(37)25-10-6-7-11-26(25)33(30(34)38)20-28(36)31-17-16-22-8-4-3-5-9-22/h3-15,21H,16-20H2,1-2H3,(H,31,36)(H,32,35). The van der Waals surface area contributed by atoms with Crippen LogP contribution in [0, 0.1) is 5.92 Å².